The summed E-state index contributed by atoms with van der Waals surface area (Å²) in [5, 5.41) is 0.168. The largest absolute Gasteiger partial charge is 0.461 e. The van der Waals surface area contributed by atoms with Gasteiger partial charge in [-0.1, -0.05) is 11.6 Å². The molecule has 0 radical (unpaired) electrons. The molecule has 11 nitrogen and oxygen atoms in total. The first-order valence-corrected chi connectivity index (χ1v) is 14.8. The number of carbonyl (C=O) groups excluding carboxylic acids is 1. The van der Waals surface area contributed by atoms with Gasteiger partial charge in [-0.05, 0) is 53.0 Å². The molecule has 3 unspecified atom stereocenters. The van der Waals surface area contributed by atoms with E-state index in [0.717, 1.165) is 38.8 Å². The monoisotopic (exact) mass is 592 g/mol. The smallest absolute Gasteiger partial charge is 0.410 e. The molecular weight excluding hydrogens is 555 g/mol. The number of hydrogen-bond acceptors (Lipinski definition) is 10. The topological polar surface area (TPSA) is 102 Å². The molecule has 41 heavy (non-hydrogen) atoms. The van der Waals surface area contributed by atoms with E-state index in [1.165, 1.54) is 6.20 Å². The maximum atomic E-state index is 15.3. The minimum atomic E-state index is -0.717. The first-order chi connectivity index (χ1) is 19.6. The Hall–Kier alpha value is -2.54. The third-order valence-electron chi connectivity index (χ3n) is 8.35. The number of pyridine rings is 1. The summed E-state index contributed by atoms with van der Waals surface area (Å²) in [5.74, 6) is -0.231. The molecule has 0 saturated carbocycles. The van der Waals surface area contributed by atoms with E-state index >= 15 is 4.39 Å². The highest BCUT2D eigenvalue weighted by Gasteiger charge is 2.49. The predicted molar refractivity (Wildman–Crippen MR) is 150 cm³/mol. The van der Waals surface area contributed by atoms with Gasteiger partial charge in [0.1, 0.15) is 23.5 Å². The minimum Gasteiger partial charge on any atom is -0.461 e. The number of halogens is 2. The fourth-order valence-electron chi connectivity index (χ4n) is 6.46. The summed E-state index contributed by atoms with van der Waals surface area (Å²) in [6, 6.07) is -0.234. The van der Waals surface area contributed by atoms with Gasteiger partial charge < -0.3 is 23.8 Å². The normalized spacial score (nSPS) is 27.8. The number of piperazine rings is 1. The molecule has 3 fully saturated rings. The van der Waals surface area contributed by atoms with Crippen LogP contribution in [0.1, 0.15) is 46.5 Å². The van der Waals surface area contributed by atoms with E-state index in [4.69, 9.17) is 35.5 Å². The molecule has 2 aromatic rings. The van der Waals surface area contributed by atoms with Crippen molar-refractivity contribution in [3.05, 3.63) is 17.2 Å². The molecule has 6 rings (SSSR count). The van der Waals surface area contributed by atoms with Crippen LogP contribution >= 0.6 is 11.6 Å². The van der Waals surface area contributed by atoms with Crippen molar-refractivity contribution in [1.82, 2.24) is 24.8 Å². The molecule has 0 N–H and O–H groups in total. The van der Waals surface area contributed by atoms with Gasteiger partial charge in [0, 0.05) is 45.6 Å². The van der Waals surface area contributed by atoms with Gasteiger partial charge in [-0.15, -0.1) is 0 Å². The third kappa shape index (κ3) is 5.89. The Labute approximate surface area is 244 Å². The van der Waals surface area contributed by atoms with Crippen LogP contribution in [0.5, 0.6) is 6.01 Å². The minimum absolute atomic E-state index is 0.0544. The van der Waals surface area contributed by atoms with Crippen molar-refractivity contribution in [3.63, 3.8) is 0 Å². The first kappa shape index (κ1) is 28.6. The van der Waals surface area contributed by atoms with E-state index < -0.39 is 17.5 Å². The number of hydrogen-bond donors (Lipinski definition) is 0. The van der Waals surface area contributed by atoms with E-state index in [1.807, 2.05) is 25.7 Å². The average Bonchev–Trinajstić information content (AvgIpc) is 3.47. The summed E-state index contributed by atoms with van der Waals surface area (Å²) < 4.78 is 39.6. The molecule has 0 aliphatic carbocycles. The molecule has 2 aromatic heterocycles. The highest BCUT2D eigenvalue weighted by Crippen LogP contribution is 2.41. The molecule has 3 atom stereocenters. The summed E-state index contributed by atoms with van der Waals surface area (Å²) in [5.41, 5.74) is -0.737. The number of amides is 1. The number of aromatic nitrogens is 3. The number of ether oxygens (including phenoxy) is 4. The third-order valence-corrected chi connectivity index (χ3v) is 8.61. The van der Waals surface area contributed by atoms with Crippen molar-refractivity contribution in [2.75, 3.05) is 64.1 Å². The fraction of sp³-hybridized carbons (Fsp3) is 0.714. The second-order valence-electron chi connectivity index (χ2n) is 12.4. The van der Waals surface area contributed by atoms with Crippen LogP contribution in [-0.2, 0) is 14.2 Å². The van der Waals surface area contributed by atoms with Crippen molar-refractivity contribution < 1.29 is 28.1 Å². The molecule has 4 aliphatic rings. The SMILES string of the molecule is CC(C)(C)OC(=O)N1CCN2CC1COCCCOC1CN3CCCC3(COc3nc2c2cnc(Cl)c(F)c2n3)C1. The number of rotatable bonds is 0. The Kier molecular flexibility index (Phi) is 7.86. The lowest BCUT2D eigenvalue weighted by Crippen LogP contribution is -2.58. The van der Waals surface area contributed by atoms with Crippen molar-refractivity contribution in [3.8, 4) is 6.01 Å². The van der Waals surface area contributed by atoms with Gasteiger partial charge in [0.25, 0.3) is 0 Å². The van der Waals surface area contributed by atoms with E-state index in [2.05, 4.69) is 14.9 Å². The van der Waals surface area contributed by atoms with Gasteiger partial charge in [0.05, 0.1) is 29.7 Å². The number of carbonyl (C=O) groups is 1. The summed E-state index contributed by atoms with van der Waals surface area (Å²) in [4.78, 5) is 32.6. The van der Waals surface area contributed by atoms with Gasteiger partial charge in [0.15, 0.2) is 11.0 Å². The standard InChI is InChI=1S/C28H38ClFN6O5/c1-27(2,3)41-26(37)36-9-8-34-14-18(36)16-38-10-5-11-39-19-12-28(6-4-7-35(28)15-19)17-40-25-32-22-20(24(34)33-25)13-31-23(29)21(22)30/h13,18-19H,4-12,14-17H2,1-3H3. The van der Waals surface area contributed by atoms with Crippen LogP contribution in [0.25, 0.3) is 10.9 Å². The number of nitrogens with zero attached hydrogens (tertiary/aromatic N) is 6. The van der Waals surface area contributed by atoms with Gasteiger partial charge >= 0.3 is 12.1 Å². The summed E-state index contributed by atoms with van der Waals surface area (Å²) in [6.45, 7) is 10.4. The van der Waals surface area contributed by atoms with Crippen molar-refractivity contribution >= 4 is 34.4 Å². The molecule has 6 heterocycles. The maximum Gasteiger partial charge on any atom is 0.410 e. The fourth-order valence-corrected chi connectivity index (χ4v) is 6.60. The summed E-state index contributed by atoms with van der Waals surface area (Å²) in [7, 11) is 0. The Morgan fingerprint density at radius 3 is 2.85 bits per heavy atom. The van der Waals surface area contributed by atoms with E-state index in [-0.39, 0.29) is 34.4 Å². The quantitative estimate of drug-likeness (QED) is 0.421. The molecule has 1 spiro atoms. The van der Waals surface area contributed by atoms with Gasteiger partial charge in [-0.25, -0.2) is 14.2 Å². The van der Waals surface area contributed by atoms with E-state index in [0.29, 0.717) is 57.3 Å². The summed E-state index contributed by atoms with van der Waals surface area (Å²) >= 11 is 6.06. The van der Waals surface area contributed by atoms with Crippen LogP contribution < -0.4 is 9.64 Å². The molecule has 1 amide bonds. The average molecular weight is 593 g/mol. The molecule has 6 bridgehead atoms. The van der Waals surface area contributed by atoms with Gasteiger partial charge in [-0.2, -0.15) is 9.97 Å². The van der Waals surface area contributed by atoms with E-state index in [1.54, 1.807) is 4.90 Å². The van der Waals surface area contributed by atoms with Crippen LogP contribution in [0.2, 0.25) is 5.15 Å². The summed E-state index contributed by atoms with van der Waals surface area (Å²) in [6.07, 6.45) is 4.90. The van der Waals surface area contributed by atoms with Crippen LogP contribution in [0.3, 0.4) is 0 Å². The van der Waals surface area contributed by atoms with Crippen LogP contribution in [0, 0.1) is 5.82 Å². The number of anilines is 1. The zero-order valence-corrected chi connectivity index (χ0v) is 24.7. The Morgan fingerprint density at radius 1 is 1.17 bits per heavy atom. The van der Waals surface area contributed by atoms with Crippen LogP contribution in [0.4, 0.5) is 15.0 Å². The highest BCUT2D eigenvalue weighted by atomic mass is 35.5. The molecular formula is C28H38ClFN6O5. The van der Waals surface area contributed by atoms with Crippen LogP contribution in [-0.4, -0.2) is 113 Å². The zero-order chi connectivity index (χ0) is 28.8. The predicted octanol–water partition coefficient (Wildman–Crippen LogP) is 3.67. The Balaban J connectivity index is 1.35. The first-order valence-electron chi connectivity index (χ1n) is 14.5. The molecule has 224 valence electrons. The maximum absolute atomic E-state index is 15.3. The highest BCUT2D eigenvalue weighted by molar-refractivity contribution is 6.30. The second-order valence-corrected chi connectivity index (χ2v) is 12.8. The number of fused-ring (bicyclic) bond motifs is 8. The van der Waals surface area contributed by atoms with Crippen LogP contribution in [0.15, 0.2) is 6.20 Å². The molecule has 4 aliphatic heterocycles. The van der Waals surface area contributed by atoms with Gasteiger partial charge in [0.2, 0.25) is 0 Å². The lowest BCUT2D eigenvalue weighted by Gasteiger charge is -2.42. The Morgan fingerprint density at radius 2 is 2.02 bits per heavy atom. The van der Waals surface area contributed by atoms with Crippen molar-refractivity contribution in [2.45, 2.75) is 69.7 Å². The molecule has 3 saturated heterocycles. The van der Waals surface area contributed by atoms with Gasteiger partial charge in [-0.3, -0.25) is 9.80 Å². The Bertz CT molecular complexity index is 1300. The lowest BCUT2D eigenvalue weighted by atomic mass is 9.94. The van der Waals surface area contributed by atoms with E-state index in [9.17, 15) is 4.79 Å². The second kappa shape index (κ2) is 11.3. The van der Waals surface area contributed by atoms with Crippen molar-refractivity contribution in [2.24, 2.45) is 0 Å². The molecule has 0 aromatic carbocycles. The van der Waals surface area contributed by atoms with Crippen molar-refractivity contribution in [1.29, 1.82) is 0 Å². The lowest BCUT2D eigenvalue weighted by molar-refractivity contribution is -0.00655. The zero-order valence-electron chi connectivity index (χ0n) is 23.9. The molecule has 13 heteroatoms.